The number of aromatic nitrogens is 2. The highest BCUT2D eigenvalue weighted by Crippen LogP contribution is 2.27. The summed E-state index contributed by atoms with van der Waals surface area (Å²) in [5.74, 6) is 0.379. The molecule has 2 aromatic carbocycles. The Bertz CT molecular complexity index is 1070. The number of nitrogens with one attached hydrogen (secondary N) is 2. The summed E-state index contributed by atoms with van der Waals surface area (Å²) in [4.78, 5) is 25.3. The number of rotatable bonds is 7. The van der Waals surface area contributed by atoms with Crippen molar-refractivity contribution < 1.29 is 9.53 Å². The van der Waals surface area contributed by atoms with Crippen molar-refractivity contribution in [1.29, 1.82) is 0 Å². The lowest BCUT2D eigenvalue weighted by Crippen LogP contribution is -2.23. The number of halogens is 1. The molecule has 0 aliphatic rings. The Balaban J connectivity index is 1.69. The second kappa shape index (κ2) is 8.87. The van der Waals surface area contributed by atoms with Crippen molar-refractivity contribution in [3.63, 3.8) is 0 Å². The molecule has 0 saturated heterocycles. The number of anilines is 2. The molecule has 0 saturated carbocycles. The number of carbonyl (C=O) groups is 1. The Morgan fingerprint density at radius 1 is 1.17 bits per heavy atom. The van der Waals surface area contributed by atoms with Gasteiger partial charge in [0.2, 0.25) is 5.91 Å². The fraction of sp³-hybridized carbons (Fsp3) is 0.238. The summed E-state index contributed by atoms with van der Waals surface area (Å²) in [6.45, 7) is 2.16. The minimum absolute atomic E-state index is 0.175. The van der Waals surface area contributed by atoms with E-state index in [-0.39, 0.29) is 23.6 Å². The molecule has 3 rings (SSSR count). The van der Waals surface area contributed by atoms with E-state index in [0.717, 1.165) is 5.69 Å². The molecular weight excluding hydrogens is 392 g/mol. The van der Waals surface area contributed by atoms with E-state index in [1.165, 1.54) is 4.68 Å². The van der Waals surface area contributed by atoms with E-state index in [0.29, 0.717) is 28.7 Å². The van der Waals surface area contributed by atoms with E-state index in [4.69, 9.17) is 16.3 Å². The minimum Gasteiger partial charge on any atom is -0.495 e. The quantitative estimate of drug-likeness (QED) is 0.619. The molecule has 0 aliphatic heterocycles. The monoisotopic (exact) mass is 414 g/mol. The van der Waals surface area contributed by atoms with Crippen LogP contribution in [0.1, 0.15) is 12.1 Å². The van der Waals surface area contributed by atoms with Crippen LogP contribution in [0.25, 0.3) is 5.69 Å². The van der Waals surface area contributed by atoms with Gasteiger partial charge in [-0.3, -0.25) is 14.3 Å². The lowest BCUT2D eigenvalue weighted by atomic mass is 10.2. The van der Waals surface area contributed by atoms with Crippen molar-refractivity contribution in [1.82, 2.24) is 9.36 Å². The van der Waals surface area contributed by atoms with Gasteiger partial charge in [-0.2, -0.15) is 0 Å². The number of hydrogen-bond acceptors (Lipinski definition) is 4. The molecule has 3 aromatic rings. The second-order valence-corrected chi connectivity index (χ2v) is 6.94. The smallest absolute Gasteiger partial charge is 0.295 e. The van der Waals surface area contributed by atoms with Crippen molar-refractivity contribution in [2.75, 3.05) is 24.3 Å². The summed E-state index contributed by atoms with van der Waals surface area (Å²) in [5.41, 5.74) is 2.13. The second-order valence-electron chi connectivity index (χ2n) is 6.51. The van der Waals surface area contributed by atoms with Crippen LogP contribution in [0.2, 0.25) is 5.02 Å². The number of benzene rings is 2. The largest absolute Gasteiger partial charge is 0.495 e. The van der Waals surface area contributed by atoms with Gasteiger partial charge in [-0.15, -0.1) is 0 Å². The van der Waals surface area contributed by atoms with Crippen molar-refractivity contribution >= 4 is 28.9 Å². The maximum Gasteiger partial charge on any atom is 0.295 e. The standard InChI is InChI=1S/C21H23ClN4O3/c1-14-20(21(28)26(25(14)2)16-7-5-4-6-8-16)24-19(27)11-12-23-17-13-15(22)9-10-18(17)29-3/h4-10,13,23H,11-12H2,1-3H3,(H,24,27). The maximum atomic E-state index is 12.8. The topological polar surface area (TPSA) is 77.3 Å². The zero-order valence-corrected chi connectivity index (χ0v) is 17.3. The van der Waals surface area contributed by atoms with Gasteiger partial charge in [-0.25, -0.2) is 4.68 Å². The highest BCUT2D eigenvalue weighted by molar-refractivity contribution is 6.30. The van der Waals surface area contributed by atoms with Gasteiger partial charge in [0.05, 0.1) is 24.2 Å². The van der Waals surface area contributed by atoms with Crippen LogP contribution >= 0.6 is 11.6 Å². The van der Waals surface area contributed by atoms with Gasteiger partial charge in [0.1, 0.15) is 11.4 Å². The van der Waals surface area contributed by atoms with Crippen molar-refractivity contribution in [3.05, 3.63) is 69.6 Å². The molecular formula is C21H23ClN4O3. The number of methoxy groups -OCH3 is 1. The first-order valence-electron chi connectivity index (χ1n) is 9.13. The van der Waals surface area contributed by atoms with E-state index in [9.17, 15) is 9.59 Å². The summed E-state index contributed by atoms with van der Waals surface area (Å²) in [6, 6.07) is 14.5. The van der Waals surface area contributed by atoms with E-state index < -0.39 is 0 Å². The SMILES string of the molecule is COc1ccc(Cl)cc1NCCC(=O)Nc1c(C)n(C)n(-c2ccccc2)c1=O. The van der Waals surface area contributed by atoms with Crippen LogP contribution in [0.15, 0.2) is 53.3 Å². The van der Waals surface area contributed by atoms with Crippen molar-refractivity contribution in [2.24, 2.45) is 7.05 Å². The first-order chi connectivity index (χ1) is 13.9. The lowest BCUT2D eigenvalue weighted by molar-refractivity contribution is -0.116. The van der Waals surface area contributed by atoms with Gasteiger partial charge < -0.3 is 15.4 Å². The number of amides is 1. The Morgan fingerprint density at radius 3 is 2.59 bits per heavy atom. The average Bonchev–Trinajstić information content (AvgIpc) is 2.92. The molecule has 1 heterocycles. The molecule has 29 heavy (non-hydrogen) atoms. The maximum absolute atomic E-state index is 12.8. The lowest BCUT2D eigenvalue weighted by Gasteiger charge is -2.11. The predicted molar refractivity (Wildman–Crippen MR) is 115 cm³/mol. The van der Waals surface area contributed by atoms with Gasteiger partial charge in [-0.05, 0) is 37.3 Å². The molecule has 0 bridgehead atoms. The third-order valence-corrected chi connectivity index (χ3v) is 4.88. The fourth-order valence-electron chi connectivity index (χ4n) is 3.04. The van der Waals surface area contributed by atoms with Crippen LogP contribution in [0.4, 0.5) is 11.4 Å². The van der Waals surface area contributed by atoms with E-state index in [1.54, 1.807) is 44.0 Å². The molecule has 152 valence electrons. The molecule has 1 aromatic heterocycles. The highest BCUT2D eigenvalue weighted by atomic mass is 35.5. The van der Waals surface area contributed by atoms with Gasteiger partial charge >= 0.3 is 0 Å². The molecule has 0 unspecified atom stereocenters. The number of para-hydroxylation sites is 1. The van der Waals surface area contributed by atoms with Crippen molar-refractivity contribution in [2.45, 2.75) is 13.3 Å². The molecule has 0 aliphatic carbocycles. The first-order valence-corrected chi connectivity index (χ1v) is 9.51. The van der Waals surface area contributed by atoms with Gasteiger partial charge in [-0.1, -0.05) is 29.8 Å². The predicted octanol–water partition coefficient (Wildman–Crippen LogP) is 3.59. The van der Waals surface area contributed by atoms with Crippen LogP contribution in [-0.4, -0.2) is 28.9 Å². The van der Waals surface area contributed by atoms with Gasteiger partial charge in [0, 0.05) is 25.0 Å². The Hall–Kier alpha value is -3.19. The Labute approximate surface area is 173 Å². The molecule has 1 amide bonds. The summed E-state index contributed by atoms with van der Waals surface area (Å²) in [6.07, 6.45) is 0.175. The van der Waals surface area contributed by atoms with Crippen LogP contribution in [0.3, 0.4) is 0 Å². The molecule has 0 radical (unpaired) electrons. The van der Waals surface area contributed by atoms with Gasteiger partial charge in [0.25, 0.3) is 5.56 Å². The molecule has 0 spiro atoms. The normalized spacial score (nSPS) is 10.6. The fourth-order valence-corrected chi connectivity index (χ4v) is 3.22. The van der Waals surface area contributed by atoms with Crippen LogP contribution in [0, 0.1) is 6.92 Å². The van der Waals surface area contributed by atoms with E-state index in [1.807, 2.05) is 30.3 Å². The third kappa shape index (κ3) is 4.46. The summed E-state index contributed by atoms with van der Waals surface area (Å²) < 4.78 is 8.53. The summed E-state index contributed by atoms with van der Waals surface area (Å²) in [5, 5.41) is 6.45. The molecule has 8 heteroatoms. The third-order valence-electron chi connectivity index (χ3n) is 4.65. The molecule has 2 N–H and O–H groups in total. The minimum atomic E-state index is -0.269. The summed E-state index contributed by atoms with van der Waals surface area (Å²) in [7, 11) is 3.35. The van der Waals surface area contributed by atoms with Crippen molar-refractivity contribution in [3.8, 4) is 11.4 Å². The van der Waals surface area contributed by atoms with Crippen LogP contribution in [0.5, 0.6) is 5.75 Å². The Morgan fingerprint density at radius 2 is 1.90 bits per heavy atom. The average molecular weight is 415 g/mol. The molecule has 0 fully saturated rings. The van der Waals surface area contributed by atoms with Crippen LogP contribution in [-0.2, 0) is 11.8 Å². The number of nitrogens with zero attached hydrogens (tertiary/aromatic N) is 2. The first kappa shape index (κ1) is 20.5. The van der Waals surface area contributed by atoms with E-state index >= 15 is 0 Å². The van der Waals surface area contributed by atoms with Gasteiger partial charge in [0.15, 0.2) is 0 Å². The number of ether oxygens (including phenoxy) is 1. The molecule has 7 nitrogen and oxygen atoms in total. The summed E-state index contributed by atoms with van der Waals surface area (Å²) >= 11 is 6.01. The number of carbonyl (C=O) groups excluding carboxylic acids is 1. The Kier molecular flexibility index (Phi) is 6.29. The highest BCUT2D eigenvalue weighted by Gasteiger charge is 2.18. The zero-order valence-electron chi connectivity index (χ0n) is 16.5. The zero-order chi connectivity index (χ0) is 21.0. The van der Waals surface area contributed by atoms with E-state index in [2.05, 4.69) is 10.6 Å². The number of hydrogen-bond donors (Lipinski definition) is 2. The van der Waals surface area contributed by atoms with Crippen LogP contribution < -0.4 is 20.9 Å². The molecule has 0 atom stereocenters.